The van der Waals surface area contributed by atoms with Crippen LogP contribution in [-0.4, -0.2) is 0 Å². The molecular weight excluding hydrogens is 264 g/mol. The normalized spacial score (nSPS) is 46.7. The zero-order valence-corrected chi connectivity index (χ0v) is 14.5. The van der Waals surface area contributed by atoms with E-state index in [1.54, 1.807) is 11.1 Å². The predicted octanol–water partition coefficient (Wildman–Crippen LogP) is 6.23. The van der Waals surface area contributed by atoms with Gasteiger partial charge in [0.15, 0.2) is 0 Å². The van der Waals surface area contributed by atoms with Crippen LogP contribution in [0.4, 0.5) is 0 Å². The summed E-state index contributed by atoms with van der Waals surface area (Å²) in [5.41, 5.74) is 5.64. The Morgan fingerprint density at radius 1 is 1.09 bits per heavy atom. The van der Waals surface area contributed by atoms with Gasteiger partial charge in [0.1, 0.15) is 0 Å². The molecule has 22 heavy (non-hydrogen) atoms. The van der Waals surface area contributed by atoms with Crippen molar-refractivity contribution in [1.82, 2.24) is 0 Å². The summed E-state index contributed by atoms with van der Waals surface area (Å²) in [5, 5.41) is 0. The molecule has 0 radical (unpaired) electrons. The quantitative estimate of drug-likeness (QED) is 0.538. The maximum Gasteiger partial charge on any atom is -0.00443 e. The summed E-state index contributed by atoms with van der Waals surface area (Å²) in [7, 11) is 0. The summed E-state index contributed by atoms with van der Waals surface area (Å²) in [6.07, 6.45) is 17.8. The number of allylic oxidation sites excluding steroid dienone is 7. The first-order valence-electron chi connectivity index (χ1n) is 9.20. The first-order valence-corrected chi connectivity index (χ1v) is 9.20. The first kappa shape index (κ1) is 14.5. The first-order chi connectivity index (χ1) is 10.5. The molecule has 0 aromatic heterocycles. The zero-order chi connectivity index (χ0) is 15.5. The fraction of sp³-hybridized carbons (Fsp3) is 0.636. The van der Waals surface area contributed by atoms with E-state index in [4.69, 9.17) is 0 Å². The van der Waals surface area contributed by atoms with E-state index in [0.29, 0.717) is 10.8 Å². The Labute approximate surface area is 136 Å². The number of rotatable bonds is 1. The molecule has 1 fully saturated rings. The maximum absolute atomic E-state index is 4.08. The highest BCUT2D eigenvalue weighted by Crippen LogP contribution is 2.64. The van der Waals surface area contributed by atoms with E-state index in [0.717, 1.165) is 17.8 Å². The van der Waals surface area contributed by atoms with E-state index < -0.39 is 0 Å². The van der Waals surface area contributed by atoms with Gasteiger partial charge in [-0.2, -0.15) is 0 Å². The molecule has 0 amide bonds. The third kappa shape index (κ3) is 1.76. The van der Waals surface area contributed by atoms with Crippen LogP contribution in [0, 0.1) is 28.6 Å². The molecule has 0 aliphatic heterocycles. The van der Waals surface area contributed by atoms with E-state index in [9.17, 15) is 0 Å². The second kappa shape index (κ2) is 4.73. The minimum Gasteiger partial charge on any atom is -0.0988 e. The van der Waals surface area contributed by atoms with Crippen LogP contribution >= 0.6 is 0 Å². The summed E-state index contributed by atoms with van der Waals surface area (Å²) >= 11 is 0. The lowest BCUT2D eigenvalue weighted by Gasteiger charge is -2.56. The van der Waals surface area contributed by atoms with E-state index in [-0.39, 0.29) is 0 Å². The van der Waals surface area contributed by atoms with Crippen molar-refractivity contribution < 1.29 is 0 Å². The van der Waals surface area contributed by atoms with Gasteiger partial charge in [0.2, 0.25) is 0 Å². The van der Waals surface area contributed by atoms with Gasteiger partial charge in [-0.15, -0.1) is 0 Å². The summed E-state index contributed by atoms with van der Waals surface area (Å²) in [5.74, 6) is 2.63. The van der Waals surface area contributed by atoms with Crippen LogP contribution in [0.25, 0.3) is 0 Å². The minimum atomic E-state index is 0.408. The average molecular weight is 294 g/mol. The van der Waals surface area contributed by atoms with Gasteiger partial charge in [-0.3, -0.25) is 0 Å². The van der Waals surface area contributed by atoms with E-state index in [1.807, 2.05) is 0 Å². The Bertz CT molecular complexity index is 602. The molecule has 0 saturated heterocycles. The molecule has 5 atom stereocenters. The van der Waals surface area contributed by atoms with Crippen molar-refractivity contribution in [3.05, 3.63) is 47.6 Å². The molecule has 4 rings (SSSR count). The Balaban J connectivity index is 1.71. The lowest BCUT2D eigenvalue weighted by atomic mass is 9.48. The number of hydrogen-bond acceptors (Lipinski definition) is 0. The second-order valence-corrected chi connectivity index (χ2v) is 8.74. The molecule has 118 valence electrons. The van der Waals surface area contributed by atoms with Crippen LogP contribution in [0.1, 0.15) is 59.3 Å². The van der Waals surface area contributed by atoms with Crippen molar-refractivity contribution >= 4 is 0 Å². The fourth-order valence-electron chi connectivity index (χ4n) is 6.38. The van der Waals surface area contributed by atoms with Crippen molar-refractivity contribution in [3.8, 4) is 0 Å². The molecule has 0 N–H and O–H groups in total. The van der Waals surface area contributed by atoms with E-state index in [1.165, 1.54) is 44.1 Å². The second-order valence-electron chi connectivity index (χ2n) is 8.74. The van der Waals surface area contributed by atoms with Gasteiger partial charge in [0.25, 0.3) is 0 Å². The van der Waals surface area contributed by atoms with E-state index in [2.05, 4.69) is 51.7 Å². The van der Waals surface area contributed by atoms with Crippen LogP contribution in [0.5, 0.6) is 0 Å². The lowest BCUT2D eigenvalue weighted by Crippen LogP contribution is -2.48. The molecule has 5 unspecified atom stereocenters. The van der Waals surface area contributed by atoms with Crippen molar-refractivity contribution in [2.24, 2.45) is 28.6 Å². The third-order valence-electron chi connectivity index (χ3n) is 7.83. The highest BCUT2D eigenvalue weighted by molar-refractivity contribution is 5.39. The van der Waals surface area contributed by atoms with Crippen molar-refractivity contribution in [3.63, 3.8) is 0 Å². The van der Waals surface area contributed by atoms with Gasteiger partial charge in [0.05, 0.1) is 0 Å². The fourth-order valence-corrected chi connectivity index (χ4v) is 6.38. The summed E-state index contributed by atoms with van der Waals surface area (Å²) in [6.45, 7) is 11.5. The standard InChI is InChI=1S/C22H30/c1-5-16-7-9-19-18-8-6-17-14-15(2)10-12-22(17,4)20(18)11-13-21(16,19)3/h5-7,14,18-20H,1,8-13H2,2-4H3. The SMILES string of the molecule is C=CC1=CCC2C3CC=C4C=C(C)CCC4(C)C3CCC12C. The molecule has 0 bridgehead atoms. The van der Waals surface area contributed by atoms with Crippen molar-refractivity contribution in [2.75, 3.05) is 0 Å². The van der Waals surface area contributed by atoms with Gasteiger partial charge in [-0.1, -0.05) is 50.3 Å². The summed E-state index contributed by atoms with van der Waals surface area (Å²) < 4.78 is 0. The third-order valence-corrected chi connectivity index (χ3v) is 7.83. The monoisotopic (exact) mass is 294 g/mol. The molecule has 1 saturated carbocycles. The topological polar surface area (TPSA) is 0 Å². The lowest BCUT2D eigenvalue weighted by molar-refractivity contribution is -0.00837. The Kier molecular flexibility index (Phi) is 3.13. The summed E-state index contributed by atoms with van der Waals surface area (Å²) in [4.78, 5) is 0. The Hall–Kier alpha value is -1.04. The van der Waals surface area contributed by atoms with Gasteiger partial charge in [-0.25, -0.2) is 0 Å². The smallest absolute Gasteiger partial charge is 0.00443 e. The largest absolute Gasteiger partial charge is 0.0988 e. The van der Waals surface area contributed by atoms with Crippen LogP contribution in [-0.2, 0) is 0 Å². The molecule has 4 aliphatic rings. The van der Waals surface area contributed by atoms with Crippen molar-refractivity contribution in [2.45, 2.75) is 59.3 Å². The van der Waals surface area contributed by atoms with Crippen LogP contribution in [0.15, 0.2) is 47.6 Å². The molecule has 0 nitrogen and oxygen atoms in total. The molecule has 0 aromatic rings. The Morgan fingerprint density at radius 3 is 2.68 bits per heavy atom. The highest BCUT2D eigenvalue weighted by Gasteiger charge is 2.55. The van der Waals surface area contributed by atoms with Crippen LogP contribution < -0.4 is 0 Å². The number of hydrogen-bond donors (Lipinski definition) is 0. The predicted molar refractivity (Wildman–Crippen MR) is 94.5 cm³/mol. The zero-order valence-electron chi connectivity index (χ0n) is 14.5. The minimum absolute atomic E-state index is 0.408. The van der Waals surface area contributed by atoms with Gasteiger partial charge in [0, 0.05) is 0 Å². The maximum atomic E-state index is 4.08. The van der Waals surface area contributed by atoms with Crippen molar-refractivity contribution in [1.29, 1.82) is 0 Å². The van der Waals surface area contributed by atoms with E-state index >= 15 is 0 Å². The Morgan fingerprint density at radius 2 is 1.91 bits per heavy atom. The highest BCUT2D eigenvalue weighted by atomic mass is 14.6. The number of fused-ring (bicyclic) bond motifs is 5. The molecule has 4 aliphatic carbocycles. The molecule has 0 aromatic carbocycles. The molecule has 0 heterocycles. The molecular formula is C22H30. The van der Waals surface area contributed by atoms with Crippen LogP contribution in [0.2, 0.25) is 0 Å². The van der Waals surface area contributed by atoms with Gasteiger partial charge in [-0.05, 0) is 85.2 Å². The van der Waals surface area contributed by atoms with Crippen LogP contribution in [0.3, 0.4) is 0 Å². The molecule has 0 spiro atoms. The van der Waals surface area contributed by atoms with Gasteiger partial charge < -0.3 is 0 Å². The summed E-state index contributed by atoms with van der Waals surface area (Å²) in [6, 6.07) is 0. The average Bonchev–Trinajstić information content (AvgIpc) is 2.84. The van der Waals surface area contributed by atoms with Gasteiger partial charge >= 0.3 is 0 Å². The molecule has 0 heteroatoms.